The van der Waals surface area contributed by atoms with Gasteiger partial charge in [0.25, 0.3) is 0 Å². The number of hydrogen-bond donors (Lipinski definition) is 1. The van der Waals surface area contributed by atoms with Gasteiger partial charge in [-0.15, -0.1) is 0 Å². The molecule has 1 aromatic carbocycles. The quantitative estimate of drug-likeness (QED) is 0.876. The molecule has 0 amide bonds. The second kappa shape index (κ2) is 5.02. The van der Waals surface area contributed by atoms with E-state index in [1.165, 1.54) is 12.1 Å². The lowest BCUT2D eigenvalue weighted by molar-refractivity contribution is 0.142. The van der Waals surface area contributed by atoms with E-state index in [0.29, 0.717) is 0 Å². The molecule has 0 bridgehead atoms. The van der Waals surface area contributed by atoms with E-state index in [4.69, 9.17) is 19.7 Å². The number of halogens is 1. The van der Waals surface area contributed by atoms with Crippen molar-refractivity contribution < 1.29 is 24.1 Å². The van der Waals surface area contributed by atoms with Gasteiger partial charge < -0.3 is 19.5 Å². The third-order valence-corrected chi connectivity index (χ3v) is 2.96. The van der Waals surface area contributed by atoms with Gasteiger partial charge in [-0.2, -0.15) is 4.39 Å². The van der Waals surface area contributed by atoms with Crippen LogP contribution in [0.1, 0.15) is 18.3 Å². The molecule has 1 fully saturated rings. The molecule has 0 aliphatic carbocycles. The van der Waals surface area contributed by atoms with E-state index in [-0.39, 0.29) is 17.6 Å². The van der Waals surface area contributed by atoms with Gasteiger partial charge in [-0.05, 0) is 38.1 Å². The Labute approximate surface area is 111 Å². The van der Waals surface area contributed by atoms with Crippen molar-refractivity contribution in [1.82, 2.24) is 5.32 Å². The maximum absolute atomic E-state index is 14.5. The molecule has 5 heteroatoms. The Morgan fingerprint density at radius 2 is 2.06 bits per heavy atom. The van der Waals surface area contributed by atoms with E-state index in [1.807, 2.05) is 0 Å². The van der Waals surface area contributed by atoms with Crippen LogP contribution in [0.25, 0.3) is 0 Å². The monoisotopic (exact) mass is 257 g/mol. The van der Waals surface area contributed by atoms with Gasteiger partial charge in [0.05, 0.1) is 5.48 Å². The van der Waals surface area contributed by atoms with Gasteiger partial charge in [-0.25, -0.2) is 0 Å². The average molecular weight is 257 g/mol. The number of benzene rings is 1. The number of fused-ring (bicyclic) bond motifs is 1. The van der Waals surface area contributed by atoms with Crippen molar-refractivity contribution in [2.24, 2.45) is 0 Å². The lowest BCUT2D eigenvalue weighted by Gasteiger charge is -2.25. The number of nitrogens with one attached hydrogen (secondary N) is 1. The summed E-state index contributed by atoms with van der Waals surface area (Å²) in [5.41, 5.74) is 0. The summed E-state index contributed by atoms with van der Waals surface area (Å²) in [6, 6.07) is 2.67. The van der Waals surface area contributed by atoms with Crippen molar-refractivity contribution in [2.45, 2.75) is 18.9 Å². The van der Waals surface area contributed by atoms with Crippen LogP contribution in [0.4, 0.5) is 4.39 Å². The predicted octanol–water partition coefficient (Wildman–Crippen LogP) is 1.73. The van der Waals surface area contributed by atoms with Crippen LogP contribution in [0.5, 0.6) is 17.2 Å². The van der Waals surface area contributed by atoms with Crippen molar-refractivity contribution in [1.29, 1.82) is 0 Å². The molecule has 98 valence electrons. The fourth-order valence-corrected chi connectivity index (χ4v) is 2.03. The van der Waals surface area contributed by atoms with Crippen LogP contribution in [-0.4, -0.2) is 32.3 Å². The maximum atomic E-state index is 14.5. The molecule has 0 radical (unpaired) electrons. The van der Waals surface area contributed by atoms with Gasteiger partial charge in [0.2, 0.25) is 11.6 Å². The Kier molecular flexibility index (Phi) is 2.19. The molecule has 0 spiro atoms. The van der Waals surface area contributed by atoms with Crippen molar-refractivity contribution in [3.05, 3.63) is 17.9 Å². The van der Waals surface area contributed by atoms with Crippen molar-refractivity contribution in [3.63, 3.8) is 0 Å². The minimum absolute atomic E-state index is 0.0486. The van der Waals surface area contributed by atoms with E-state index in [9.17, 15) is 4.39 Å². The molecule has 4 nitrogen and oxygen atoms in total. The highest BCUT2D eigenvalue weighted by atomic mass is 19.1. The summed E-state index contributed by atoms with van der Waals surface area (Å²) in [6.45, 7) is -3.92. The summed E-state index contributed by atoms with van der Waals surface area (Å²) in [6.07, 6.45) is 1.37. The molecule has 0 unspecified atom stereocenters. The van der Waals surface area contributed by atoms with Gasteiger partial charge >= 0.3 is 0 Å². The van der Waals surface area contributed by atoms with Gasteiger partial charge in [0, 0.05) is 0 Å². The number of rotatable bonds is 2. The molecule has 0 saturated carbocycles. The minimum atomic E-state index is -2.80. The van der Waals surface area contributed by atoms with Gasteiger partial charge in [0.15, 0.2) is 11.5 Å². The summed E-state index contributed by atoms with van der Waals surface area (Å²) in [5, 5.41) is 3.18. The van der Waals surface area contributed by atoms with E-state index >= 15 is 0 Å². The Hall–Kier alpha value is -1.49. The summed E-state index contributed by atoms with van der Waals surface area (Å²) in [4.78, 5) is 0. The summed E-state index contributed by atoms with van der Waals surface area (Å²) >= 11 is 0. The molecule has 1 saturated heterocycles. The first-order valence-electron chi connectivity index (χ1n) is 7.88. The van der Waals surface area contributed by atoms with Crippen LogP contribution >= 0.6 is 0 Å². The minimum Gasteiger partial charge on any atom is -0.487 e. The second-order valence-electron chi connectivity index (χ2n) is 4.18. The van der Waals surface area contributed by atoms with Gasteiger partial charge in [0.1, 0.15) is 19.2 Å². The van der Waals surface area contributed by atoms with Crippen molar-refractivity contribution in [2.75, 3.05) is 26.2 Å². The fourth-order valence-electron chi connectivity index (χ4n) is 2.03. The fraction of sp³-hybridized carbons (Fsp3) is 0.538. The summed E-state index contributed by atoms with van der Waals surface area (Å²) in [5.74, 6) is -1.58. The molecule has 0 atom stereocenters. The van der Waals surface area contributed by atoms with Crippen molar-refractivity contribution in [3.8, 4) is 17.2 Å². The Bertz CT molecular complexity index is 579. The molecule has 1 aromatic rings. The third kappa shape index (κ3) is 2.22. The molecular formula is C13H16FNO3. The van der Waals surface area contributed by atoms with Crippen LogP contribution in [-0.2, 0) is 0 Å². The van der Waals surface area contributed by atoms with Crippen molar-refractivity contribution >= 4 is 0 Å². The standard InChI is InChI=1S/C13H16FNO3/c14-12-10(18-9-3-5-15-6-4-9)1-2-11-13(12)17-8-7-16-11/h1-2,9,15H,3-8H2/i7D2,8D2. The van der Waals surface area contributed by atoms with E-state index in [1.54, 1.807) is 0 Å². The van der Waals surface area contributed by atoms with Gasteiger partial charge in [-0.1, -0.05) is 0 Å². The number of ether oxygens (including phenoxy) is 3. The lowest BCUT2D eigenvalue weighted by Crippen LogP contribution is -2.34. The van der Waals surface area contributed by atoms with E-state index in [0.717, 1.165) is 25.9 Å². The molecule has 3 rings (SSSR count). The lowest BCUT2D eigenvalue weighted by atomic mass is 10.1. The first-order chi connectivity index (χ1) is 10.3. The van der Waals surface area contributed by atoms with Crippen LogP contribution < -0.4 is 19.5 Å². The maximum Gasteiger partial charge on any atom is 0.210 e. The van der Waals surface area contributed by atoms with Crippen LogP contribution in [0, 0.1) is 5.82 Å². The highest BCUT2D eigenvalue weighted by Crippen LogP contribution is 2.38. The summed E-state index contributed by atoms with van der Waals surface area (Å²) in [7, 11) is 0. The van der Waals surface area contributed by atoms with Crippen LogP contribution in [0.3, 0.4) is 0 Å². The second-order valence-corrected chi connectivity index (χ2v) is 4.18. The molecule has 2 heterocycles. The molecule has 1 N–H and O–H groups in total. The van der Waals surface area contributed by atoms with Crippen LogP contribution in [0.2, 0.25) is 0 Å². The van der Waals surface area contributed by atoms with E-state index in [2.05, 4.69) is 5.32 Å². The third-order valence-electron chi connectivity index (χ3n) is 2.96. The summed E-state index contributed by atoms with van der Waals surface area (Å²) < 4.78 is 59.8. The Morgan fingerprint density at radius 1 is 1.28 bits per heavy atom. The largest absolute Gasteiger partial charge is 0.487 e. The predicted molar refractivity (Wildman–Crippen MR) is 63.9 cm³/mol. The number of hydrogen-bond acceptors (Lipinski definition) is 4. The molecule has 2 aliphatic heterocycles. The topological polar surface area (TPSA) is 39.7 Å². The molecule has 2 aliphatic rings. The Balaban J connectivity index is 1.87. The highest BCUT2D eigenvalue weighted by Gasteiger charge is 2.23. The van der Waals surface area contributed by atoms with Gasteiger partial charge in [-0.3, -0.25) is 0 Å². The number of piperidine rings is 1. The SMILES string of the molecule is [2H]C1([2H])Oc2ccc(OC3CCNCC3)c(F)c2OC1([2H])[2H]. The molecule has 0 aromatic heterocycles. The average Bonchev–Trinajstić information content (AvgIpc) is 2.45. The zero-order valence-corrected chi connectivity index (χ0v) is 9.66. The highest BCUT2D eigenvalue weighted by molar-refractivity contribution is 5.48. The normalized spacial score (nSPS) is 28.5. The zero-order valence-electron chi connectivity index (χ0n) is 13.7. The molecular weight excluding hydrogens is 237 g/mol. The Morgan fingerprint density at radius 3 is 2.89 bits per heavy atom. The molecule has 18 heavy (non-hydrogen) atoms. The van der Waals surface area contributed by atoms with Crippen LogP contribution in [0.15, 0.2) is 12.1 Å². The first-order valence-corrected chi connectivity index (χ1v) is 5.88. The van der Waals surface area contributed by atoms with E-state index < -0.39 is 24.7 Å². The smallest absolute Gasteiger partial charge is 0.210 e. The first kappa shape index (κ1) is 7.84. The zero-order chi connectivity index (χ0) is 16.0.